The Labute approximate surface area is 102 Å². The molecule has 1 fully saturated rings. The highest BCUT2D eigenvalue weighted by Crippen LogP contribution is 2.29. The molecule has 0 aromatic heterocycles. The van der Waals surface area contributed by atoms with E-state index in [9.17, 15) is 4.39 Å². The Morgan fingerprint density at radius 3 is 2.94 bits per heavy atom. The highest BCUT2D eigenvalue weighted by atomic mass is 19.1. The minimum Gasteiger partial charge on any atom is -0.384 e. The Morgan fingerprint density at radius 1 is 1.47 bits per heavy atom. The lowest BCUT2D eigenvalue weighted by Gasteiger charge is -2.17. The minimum absolute atomic E-state index is 0.0511. The van der Waals surface area contributed by atoms with Gasteiger partial charge < -0.3 is 10.1 Å². The SMILES string of the molecule is COCCc1cc(C)cc(F)c1[C@H]1CCNC1. The van der Waals surface area contributed by atoms with Gasteiger partial charge in [-0.2, -0.15) is 0 Å². The fourth-order valence-corrected chi connectivity index (χ4v) is 2.60. The Balaban J connectivity index is 2.32. The van der Waals surface area contributed by atoms with Gasteiger partial charge in [0.05, 0.1) is 6.61 Å². The van der Waals surface area contributed by atoms with Crippen molar-refractivity contribution in [2.45, 2.75) is 25.7 Å². The molecule has 0 spiro atoms. The predicted octanol–water partition coefficient (Wildman–Crippen LogP) is 2.40. The van der Waals surface area contributed by atoms with Crippen LogP contribution in [0.5, 0.6) is 0 Å². The van der Waals surface area contributed by atoms with Crippen LogP contribution in [0.2, 0.25) is 0 Å². The van der Waals surface area contributed by atoms with Gasteiger partial charge in [-0.25, -0.2) is 4.39 Å². The first kappa shape index (κ1) is 12.5. The zero-order valence-electron chi connectivity index (χ0n) is 10.6. The molecule has 1 saturated heterocycles. The van der Waals surface area contributed by atoms with E-state index in [2.05, 4.69) is 11.4 Å². The second kappa shape index (κ2) is 5.61. The standard InChI is InChI=1S/C14H20FNO/c1-10-7-11(4-6-17-2)14(13(15)8-10)12-3-5-16-9-12/h7-8,12,16H,3-6,9H2,1-2H3/t12-/m0/s1. The number of hydrogen-bond donors (Lipinski definition) is 1. The molecule has 0 radical (unpaired) electrons. The first-order chi connectivity index (χ1) is 8.22. The van der Waals surface area contributed by atoms with Crippen LogP contribution in [0.4, 0.5) is 4.39 Å². The molecular formula is C14H20FNO. The van der Waals surface area contributed by atoms with Gasteiger partial charge in [-0.1, -0.05) is 6.07 Å². The summed E-state index contributed by atoms with van der Waals surface area (Å²) in [5, 5.41) is 3.30. The van der Waals surface area contributed by atoms with Gasteiger partial charge in [-0.05, 0) is 49.1 Å². The molecule has 0 bridgehead atoms. The molecule has 0 unspecified atom stereocenters. The van der Waals surface area contributed by atoms with Crippen molar-refractivity contribution in [2.75, 3.05) is 26.8 Å². The van der Waals surface area contributed by atoms with E-state index in [1.165, 1.54) is 0 Å². The van der Waals surface area contributed by atoms with Gasteiger partial charge in [-0.15, -0.1) is 0 Å². The van der Waals surface area contributed by atoms with Crippen LogP contribution in [-0.2, 0) is 11.2 Å². The molecule has 1 aliphatic rings. The van der Waals surface area contributed by atoms with Gasteiger partial charge in [0, 0.05) is 19.6 Å². The van der Waals surface area contributed by atoms with Gasteiger partial charge in [0.1, 0.15) is 5.82 Å². The molecule has 1 N–H and O–H groups in total. The van der Waals surface area contributed by atoms with Crippen LogP contribution in [-0.4, -0.2) is 26.8 Å². The van der Waals surface area contributed by atoms with Gasteiger partial charge in [0.15, 0.2) is 0 Å². The Bertz CT molecular complexity index is 386. The summed E-state index contributed by atoms with van der Waals surface area (Å²) in [6.07, 6.45) is 1.82. The van der Waals surface area contributed by atoms with Gasteiger partial charge >= 0.3 is 0 Å². The number of benzene rings is 1. The van der Waals surface area contributed by atoms with Crippen molar-refractivity contribution >= 4 is 0 Å². The van der Waals surface area contributed by atoms with Crippen LogP contribution >= 0.6 is 0 Å². The molecule has 1 aliphatic heterocycles. The van der Waals surface area contributed by atoms with E-state index in [0.29, 0.717) is 12.5 Å². The second-order valence-corrected chi connectivity index (χ2v) is 4.75. The number of halogens is 1. The molecule has 1 aromatic rings. The van der Waals surface area contributed by atoms with Crippen molar-refractivity contribution in [3.8, 4) is 0 Å². The van der Waals surface area contributed by atoms with Crippen molar-refractivity contribution < 1.29 is 9.13 Å². The summed E-state index contributed by atoms with van der Waals surface area (Å²) in [7, 11) is 1.68. The molecule has 1 atom stereocenters. The molecule has 3 heteroatoms. The maximum atomic E-state index is 14.1. The van der Waals surface area contributed by atoms with Crippen LogP contribution in [0.25, 0.3) is 0 Å². The zero-order valence-corrected chi connectivity index (χ0v) is 10.6. The third-order valence-corrected chi connectivity index (χ3v) is 3.40. The largest absolute Gasteiger partial charge is 0.384 e. The van der Waals surface area contributed by atoms with Crippen molar-refractivity contribution in [3.05, 3.63) is 34.6 Å². The maximum absolute atomic E-state index is 14.1. The summed E-state index contributed by atoms with van der Waals surface area (Å²) in [6.45, 7) is 4.47. The van der Waals surface area contributed by atoms with E-state index in [0.717, 1.165) is 42.6 Å². The highest BCUT2D eigenvalue weighted by Gasteiger charge is 2.23. The van der Waals surface area contributed by atoms with E-state index in [1.54, 1.807) is 13.2 Å². The van der Waals surface area contributed by atoms with Crippen LogP contribution in [0, 0.1) is 12.7 Å². The topological polar surface area (TPSA) is 21.3 Å². The minimum atomic E-state index is -0.0511. The van der Waals surface area contributed by atoms with Gasteiger partial charge in [-0.3, -0.25) is 0 Å². The normalized spacial score (nSPS) is 19.8. The van der Waals surface area contributed by atoms with E-state index in [1.807, 2.05) is 6.92 Å². The fourth-order valence-electron chi connectivity index (χ4n) is 2.60. The predicted molar refractivity (Wildman–Crippen MR) is 66.9 cm³/mol. The molecule has 1 heterocycles. The Morgan fingerprint density at radius 2 is 2.29 bits per heavy atom. The summed E-state index contributed by atoms with van der Waals surface area (Å²) >= 11 is 0. The lowest BCUT2D eigenvalue weighted by atomic mass is 9.90. The third kappa shape index (κ3) is 2.85. The number of aryl methyl sites for hydroxylation is 1. The van der Waals surface area contributed by atoms with E-state index < -0.39 is 0 Å². The molecule has 94 valence electrons. The van der Waals surface area contributed by atoms with Gasteiger partial charge in [0.25, 0.3) is 0 Å². The van der Waals surface area contributed by atoms with E-state index >= 15 is 0 Å². The van der Waals surface area contributed by atoms with Crippen molar-refractivity contribution in [2.24, 2.45) is 0 Å². The van der Waals surface area contributed by atoms with Crippen LogP contribution in [0.1, 0.15) is 29.0 Å². The number of hydrogen-bond acceptors (Lipinski definition) is 2. The lowest BCUT2D eigenvalue weighted by Crippen LogP contribution is -2.12. The Kier molecular flexibility index (Phi) is 4.13. The van der Waals surface area contributed by atoms with E-state index in [-0.39, 0.29) is 5.82 Å². The van der Waals surface area contributed by atoms with Crippen LogP contribution in [0.3, 0.4) is 0 Å². The molecular weight excluding hydrogens is 217 g/mol. The van der Waals surface area contributed by atoms with Gasteiger partial charge in [0.2, 0.25) is 0 Å². The summed E-state index contributed by atoms with van der Waals surface area (Å²) in [5.74, 6) is 0.271. The molecule has 1 aromatic carbocycles. The fraction of sp³-hybridized carbons (Fsp3) is 0.571. The number of rotatable bonds is 4. The van der Waals surface area contributed by atoms with E-state index in [4.69, 9.17) is 4.74 Å². The smallest absolute Gasteiger partial charge is 0.127 e. The van der Waals surface area contributed by atoms with Crippen LogP contribution < -0.4 is 5.32 Å². The average Bonchev–Trinajstić information content (AvgIpc) is 2.78. The van der Waals surface area contributed by atoms with Crippen molar-refractivity contribution in [1.82, 2.24) is 5.32 Å². The quantitative estimate of drug-likeness (QED) is 0.868. The zero-order chi connectivity index (χ0) is 12.3. The molecule has 17 heavy (non-hydrogen) atoms. The maximum Gasteiger partial charge on any atom is 0.127 e. The number of nitrogens with one attached hydrogen (secondary N) is 1. The van der Waals surface area contributed by atoms with Crippen molar-refractivity contribution in [1.29, 1.82) is 0 Å². The molecule has 0 saturated carbocycles. The third-order valence-electron chi connectivity index (χ3n) is 3.40. The summed E-state index contributed by atoms with van der Waals surface area (Å²) in [6, 6.07) is 3.74. The summed E-state index contributed by atoms with van der Waals surface area (Å²) < 4.78 is 19.2. The molecule has 2 rings (SSSR count). The monoisotopic (exact) mass is 237 g/mol. The van der Waals surface area contributed by atoms with Crippen LogP contribution in [0.15, 0.2) is 12.1 Å². The molecule has 0 aliphatic carbocycles. The van der Waals surface area contributed by atoms with Crippen molar-refractivity contribution in [3.63, 3.8) is 0 Å². The Hall–Kier alpha value is -0.930. The average molecular weight is 237 g/mol. The number of ether oxygens (including phenoxy) is 1. The highest BCUT2D eigenvalue weighted by molar-refractivity contribution is 5.36. The summed E-state index contributed by atoms with van der Waals surface area (Å²) in [5.41, 5.74) is 3.00. The number of methoxy groups -OCH3 is 1. The molecule has 0 amide bonds. The lowest BCUT2D eigenvalue weighted by molar-refractivity contribution is 0.202. The first-order valence-electron chi connectivity index (χ1n) is 6.21. The molecule has 2 nitrogen and oxygen atoms in total. The first-order valence-corrected chi connectivity index (χ1v) is 6.21. The summed E-state index contributed by atoms with van der Waals surface area (Å²) in [4.78, 5) is 0. The second-order valence-electron chi connectivity index (χ2n) is 4.75.